The fourth-order valence-corrected chi connectivity index (χ4v) is 2.45. The molecule has 0 amide bonds. The summed E-state index contributed by atoms with van der Waals surface area (Å²) in [6, 6.07) is 14.4. The van der Waals surface area contributed by atoms with Crippen molar-refractivity contribution in [2.75, 3.05) is 7.11 Å². The third kappa shape index (κ3) is 3.80. The van der Waals surface area contributed by atoms with E-state index in [0.29, 0.717) is 16.5 Å². The topological polar surface area (TPSA) is 66.2 Å². The van der Waals surface area contributed by atoms with Gasteiger partial charge in [0.2, 0.25) is 0 Å². The third-order valence-corrected chi connectivity index (χ3v) is 3.92. The van der Waals surface area contributed by atoms with Gasteiger partial charge in [0.05, 0.1) is 18.5 Å². The molecule has 128 valence electrons. The van der Waals surface area contributed by atoms with Crippen molar-refractivity contribution in [2.45, 2.75) is 13.5 Å². The summed E-state index contributed by atoms with van der Waals surface area (Å²) in [5.74, 6) is 0.180. The first-order valence-electron chi connectivity index (χ1n) is 7.57. The molecule has 1 aromatic heterocycles. The molecule has 0 atom stereocenters. The van der Waals surface area contributed by atoms with Crippen LogP contribution < -0.4 is 4.74 Å². The minimum Gasteiger partial charge on any atom is -0.497 e. The fourth-order valence-electron chi connectivity index (χ4n) is 2.32. The molecule has 7 heteroatoms. The molecule has 0 saturated heterocycles. The molecule has 1 heterocycles. The number of ether oxygens (including phenoxy) is 2. The summed E-state index contributed by atoms with van der Waals surface area (Å²) in [4.78, 5) is 12.3. The van der Waals surface area contributed by atoms with E-state index >= 15 is 0 Å². The average Bonchev–Trinajstić information content (AvgIpc) is 3.02. The van der Waals surface area contributed by atoms with Crippen LogP contribution in [0.2, 0.25) is 5.02 Å². The van der Waals surface area contributed by atoms with Crippen LogP contribution in [-0.2, 0) is 11.3 Å². The van der Waals surface area contributed by atoms with Gasteiger partial charge in [-0.05, 0) is 48.9 Å². The van der Waals surface area contributed by atoms with Gasteiger partial charge in [-0.2, -0.15) is 0 Å². The zero-order valence-electron chi connectivity index (χ0n) is 13.8. The Morgan fingerprint density at radius 2 is 1.96 bits per heavy atom. The van der Waals surface area contributed by atoms with Gasteiger partial charge in [-0.25, -0.2) is 9.48 Å². The molecule has 0 N–H and O–H groups in total. The summed E-state index contributed by atoms with van der Waals surface area (Å²) in [5, 5.41) is 8.59. The van der Waals surface area contributed by atoms with Crippen LogP contribution in [0.15, 0.2) is 48.5 Å². The van der Waals surface area contributed by atoms with E-state index in [1.807, 2.05) is 24.3 Å². The van der Waals surface area contributed by atoms with Gasteiger partial charge in [0, 0.05) is 5.02 Å². The Morgan fingerprint density at radius 1 is 1.20 bits per heavy atom. The van der Waals surface area contributed by atoms with Gasteiger partial charge in [0.25, 0.3) is 0 Å². The summed E-state index contributed by atoms with van der Waals surface area (Å²) in [7, 11) is 1.59. The number of hydrogen-bond donors (Lipinski definition) is 0. The first-order chi connectivity index (χ1) is 12.1. The van der Waals surface area contributed by atoms with Crippen LogP contribution in [0.4, 0.5) is 0 Å². The molecule has 3 aromatic rings. The van der Waals surface area contributed by atoms with E-state index < -0.39 is 5.97 Å². The van der Waals surface area contributed by atoms with E-state index in [1.165, 1.54) is 0 Å². The Kier molecular flexibility index (Phi) is 5.00. The van der Waals surface area contributed by atoms with Gasteiger partial charge in [-0.1, -0.05) is 28.9 Å². The van der Waals surface area contributed by atoms with Crippen LogP contribution in [-0.4, -0.2) is 28.1 Å². The molecule has 0 unspecified atom stereocenters. The second-order valence-electron chi connectivity index (χ2n) is 5.34. The van der Waals surface area contributed by atoms with Crippen LogP contribution in [0.1, 0.15) is 21.7 Å². The molecular formula is C18H16ClN3O3. The third-order valence-electron chi connectivity index (χ3n) is 3.66. The molecule has 3 rings (SSSR count). The number of halogens is 1. The highest BCUT2D eigenvalue weighted by molar-refractivity contribution is 6.30. The number of aromatic nitrogens is 3. The molecule has 2 aromatic carbocycles. The predicted octanol–water partition coefficient (Wildman–Crippen LogP) is 3.59. The number of carbonyl (C=O) groups is 1. The Balaban J connectivity index is 1.73. The Bertz CT molecular complexity index is 891. The van der Waals surface area contributed by atoms with Crippen molar-refractivity contribution in [3.63, 3.8) is 0 Å². The number of rotatable bonds is 5. The zero-order chi connectivity index (χ0) is 17.8. The van der Waals surface area contributed by atoms with E-state index in [1.54, 1.807) is 43.0 Å². The lowest BCUT2D eigenvalue weighted by atomic mass is 10.2. The van der Waals surface area contributed by atoms with E-state index in [9.17, 15) is 4.79 Å². The first-order valence-corrected chi connectivity index (χ1v) is 7.94. The second-order valence-corrected chi connectivity index (χ2v) is 5.78. The average molecular weight is 358 g/mol. The summed E-state index contributed by atoms with van der Waals surface area (Å²) in [6.45, 7) is 1.89. The Morgan fingerprint density at radius 3 is 2.68 bits per heavy atom. The summed E-state index contributed by atoms with van der Waals surface area (Å²) in [6.07, 6.45) is 0. The molecule has 6 nitrogen and oxygen atoms in total. The number of methoxy groups -OCH3 is 1. The van der Waals surface area contributed by atoms with Crippen molar-refractivity contribution in [3.05, 3.63) is 70.5 Å². The maximum absolute atomic E-state index is 12.3. The van der Waals surface area contributed by atoms with Crippen molar-refractivity contribution in [1.82, 2.24) is 15.0 Å². The SMILES string of the molecule is COc1cccc(COC(=O)c2nnn(-c3ccc(Cl)cc3)c2C)c1. The first kappa shape index (κ1) is 17.0. The van der Waals surface area contributed by atoms with Crippen molar-refractivity contribution in [1.29, 1.82) is 0 Å². The smallest absolute Gasteiger partial charge is 0.361 e. The zero-order valence-corrected chi connectivity index (χ0v) is 14.5. The molecule has 0 aliphatic rings. The summed E-state index contributed by atoms with van der Waals surface area (Å²) in [5.41, 5.74) is 2.37. The van der Waals surface area contributed by atoms with Gasteiger partial charge in [-0.3, -0.25) is 0 Å². The summed E-state index contributed by atoms with van der Waals surface area (Å²) < 4.78 is 12.0. The molecule has 0 aliphatic heterocycles. The van der Waals surface area contributed by atoms with Crippen molar-refractivity contribution in [3.8, 4) is 11.4 Å². The molecule has 0 aliphatic carbocycles. The van der Waals surface area contributed by atoms with Crippen LogP contribution in [0.3, 0.4) is 0 Å². The number of esters is 1. The molecular weight excluding hydrogens is 342 g/mol. The van der Waals surface area contributed by atoms with Gasteiger partial charge in [-0.15, -0.1) is 5.10 Å². The lowest BCUT2D eigenvalue weighted by molar-refractivity contribution is 0.0464. The largest absolute Gasteiger partial charge is 0.497 e. The summed E-state index contributed by atoms with van der Waals surface area (Å²) >= 11 is 5.89. The highest BCUT2D eigenvalue weighted by Crippen LogP contribution is 2.17. The number of benzene rings is 2. The lowest BCUT2D eigenvalue weighted by Crippen LogP contribution is -2.08. The predicted molar refractivity (Wildman–Crippen MR) is 93.2 cm³/mol. The van der Waals surface area contributed by atoms with Gasteiger partial charge >= 0.3 is 5.97 Å². The van der Waals surface area contributed by atoms with Crippen molar-refractivity contribution < 1.29 is 14.3 Å². The molecule has 0 fully saturated rings. The highest BCUT2D eigenvalue weighted by Gasteiger charge is 2.19. The molecule has 0 bridgehead atoms. The number of hydrogen-bond acceptors (Lipinski definition) is 5. The molecule has 0 saturated carbocycles. The molecule has 25 heavy (non-hydrogen) atoms. The van der Waals surface area contributed by atoms with Crippen LogP contribution in [0, 0.1) is 6.92 Å². The number of nitrogens with zero attached hydrogens (tertiary/aromatic N) is 3. The van der Waals surface area contributed by atoms with E-state index in [4.69, 9.17) is 21.1 Å². The lowest BCUT2D eigenvalue weighted by Gasteiger charge is -2.06. The number of carbonyl (C=O) groups excluding carboxylic acids is 1. The fraction of sp³-hybridized carbons (Fsp3) is 0.167. The second kappa shape index (κ2) is 7.36. The Labute approximate surface area is 149 Å². The van der Waals surface area contributed by atoms with E-state index in [2.05, 4.69) is 10.3 Å². The van der Waals surface area contributed by atoms with Gasteiger partial charge < -0.3 is 9.47 Å². The van der Waals surface area contributed by atoms with Crippen LogP contribution >= 0.6 is 11.6 Å². The standard InChI is InChI=1S/C18H16ClN3O3/c1-12-17(20-21-22(12)15-8-6-14(19)7-9-15)18(23)25-11-13-4-3-5-16(10-13)24-2/h3-10H,11H2,1-2H3. The minimum absolute atomic E-state index is 0.128. The van der Waals surface area contributed by atoms with Crippen molar-refractivity contribution >= 4 is 17.6 Å². The maximum Gasteiger partial charge on any atom is 0.361 e. The van der Waals surface area contributed by atoms with Gasteiger partial charge in [0.15, 0.2) is 5.69 Å². The quantitative estimate of drug-likeness (QED) is 0.653. The highest BCUT2D eigenvalue weighted by atomic mass is 35.5. The van der Waals surface area contributed by atoms with E-state index in [0.717, 1.165) is 11.3 Å². The molecule has 0 radical (unpaired) electrons. The minimum atomic E-state index is -0.527. The monoisotopic (exact) mass is 357 g/mol. The Hall–Kier alpha value is -2.86. The normalized spacial score (nSPS) is 10.5. The molecule has 0 spiro atoms. The van der Waals surface area contributed by atoms with E-state index in [-0.39, 0.29) is 12.3 Å². The van der Waals surface area contributed by atoms with Crippen LogP contribution in [0.5, 0.6) is 5.75 Å². The van der Waals surface area contributed by atoms with Crippen molar-refractivity contribution in [2.24, 2.45) is 0 Å². The van der Waals surface area contributed by atoms with Gasteiger partial charge in [0.1, 0.15) is 12.4 Å². The van der Waals surface area contributed by atoms with Crippen LogP contribution in [0.25, 0.3) is 5.69 Å². The maximum atomic E-state index is 12.3.